The molecule has 2 aliphatic rings. The highest BCUT2D eigenvalue weighted by molar-refractivity contribution is 5.78. The van der Waals surface area contributed by atoms with E-state index < -0.39 is 0 Å². The van der Waals surface area contributed by atoms with Gasteiger partial charge in [-0.2, -0.15) is 5.26 Å². The molecule has 1 amide bonds. The fourth-order valence-electron chi connectivity index (χ4n) is 3.98. The van der Waals surface area contributed by atoms with Gasteiger partial charge in [0.1, 0.15) is 24.4 Å². The van der Waals surface area contributed by atoms with Crippen molar-refractivity contribution in [2.45, 2.75) is 45.1 Å². The van der Waals surface area contributed by atoms with Gasteiger partial charge in [-0.3, -0.25) is 4.79 Å². The molecule has 2 aliphatic heterocycles. The molecule has 0 aliphatic carbocycles. The smallest absolute Gasteiger partial charge is 0.236 e. The number of allylic oxidation sites excluding steroid dienone is 1. The number of anilines is 2. The number of aromatic nitrogens is 2. The summed E-state index contributed by atoms with van der Waals surface area (Å²) in [5.74, 6) is 2.27. The van der Waals surface area contributed by atoms with Gasteiger partial charge >= 0.3 is 0 Å². The SMILES string of the molecule is C[C@H]1CCCN(C(=O)CC#N)CCC1N(C)c1ncnc2c1CC=CN2. The Morgan fingerprint density at radius 2 is 2.27 bits per heavy atom. The van der Waals surface area contributed by atoms with Crippen LogP contribution in [-0.2, 0) is 11.2 Å². The lowest BCUT2D eigenvalue weighted by molar-refractivity contribution is -0.130. The molecule has 0 spiro atoms. The maximum absolute atomic E-state index is 12.1. The molecule has 1 aromatic rings. The van der Waals surface area contributed by atoms with Crippen LogP contribution in [-0.4, -0.2) is 47.0 Å². The Hall–Kier alpha value is -2.62. The van der Waals surface area contributed by atoms with Crippen molar-refractivity contribution in [3.05, 3.63) is 24.2 Å². The van der Waals surface area contributed by atoms with Crippen LogP contribution >= 0.6 is 0 Å². The molecule has 138 valence electrons. The summed E-state index contributed by atoms with van der Waals surface area (Å²) in [6.45, 7) is 3.71. The maximum atomic E-state index is 12.1. The lowest BCUT2D eigenvalue weighted by atomic mass is 9.90. The fraction of sp³-hybridized carbons (Fsp3) is 0.579. The Balaban J connectivity index is 1.78. The summed E-state index contributed by atoms with van der Waals surface area (Å²) in [6.07, 6.45) is 9.27. The van der Waals surface area contributed by atoms with E-state index in [1.165, 1.54) is 0 Å². The average molecular weight is 354 g/mol. The van der Waals surface area contributed by atoms with Gasteiger partial charge in [-0.15, -0.1) is 0 Å². The quantitative estimate of drug-likeness (QED) is 0.897. The maximum Gasteiger partial charge on any atom is 0.236 e. The van der Waals surface area contributed by atoms with E-state index in [1.54, 1.807) is 6.33 Å². The van der Waals surface area contributed by atoms with E-state index in [2.05, 4.69) is 40.2 Å². The van der Waals surface area contributed by atoms with Gasteiger partial charge in [0, 0.05) is 31.7 Å². The molecule has 0 saturated carbocycles. The largest absolute Gasteiger partial charge is 0.356 e. The second kappa shape index (κ2) is 8.17. The summed E-state index contributed by atoms with van der Waals surface area (Å²) in [7, 11) is 2.09. The number of likely N-dealkylation sites (tertiary alicyclic amines) is 1. The van der Waals surface area contributed by atoms with Gasteiger partial charge < -0.3 is 15.1 Å². The fourth-order valence-corrected chi connectivity index (χ4v) is 3.98. The normalized spacial score (nSPS) is 22.4. The molecule has 2 atom stereocenters. The first-order valence-electron chi connectivity index (χ1n) is 9.24. The van der Waals surface area contributed by atoms with Crippen molar-refractivity contribution in [3.63, 3.8) is 0 Å². The third kappa shape index (κ3) is 3.79. The van der Waals surface area contributed by atoms with Crippen LogP contribution in [0.4, 0.5) is 11.6 Å². The van der Waals surface area contributed by atoms with Gasteiger partial charge in [0.25, 0.3) is 0 Å². The molecule has 7 heteroatoms. The van der Waals surface area contributed by atoms with Crippen LogP contribution < -0.4 is 10.2 Å². The lowest BCUT2D eigenvalue weighted by Crippen LogP contribution is -2.44. The molecule has 1 saturated heterocycles. The number of carbonyl (C=O) groups is 1. The number of rotatable bonds is 3. The first-order chi connectivity index (χ1) is 12.6. The molecule has 3 rings (SSSR count). The highest BCUT2D eigenvalue weighted by Crippen LogP contribution is 2.31. The molecule has 1 fully saturated rings. The lowest BCUT2D eigenvalue weighted by Gasteiger charge is -2.38. The van der Waals surface area contributed by atoms with Crippen LogP contribution in [0.3, 0.4) is 0 Å². The average Bonchev–Trinajstić information content (AvgIpc) is 2.64. The highest BCUT2D eigenvalue weighted by atomic mass is 16.2. The molecule has 0 radical (unpaired) electrons. The third-order valence-electron chi connectivity index (χ3n) is 5.44. The van der Waals surface area contributed by atoms with Crippen molar-refractivity contribution < 1.29 is 4.79 Å². The van der Waals surface area contributed by atoms with Crippen LogP contribution in [0.15, 0.2) is 18.6 Å². The molecule has 0 aromatic carbocycles. The molecular weight excluding hydrogens is 328 g/mol. The minimum atomic E-state index is -0.0581. The summed E-state index contributed by atoms with van der Waals surface area (Å²) in [5.41, 5.74) is 1.11. The van der Waals surface area contributed by atoms with Gasteiger partial charge in [0.2, 0.25) is 5.91 Å². The van der Waals surface area contributed by atoms with Crippen molar-refractivity contribution in [2.24, 2.45) is 5.92 Å². The number of carbonyl (C=O) groups excluding carboxylic acids is 1. The first kappa shape index (κ1) is 18.2. The standard InChI is InChI=1S/C19H26N6O/c1-14-5-4-11-25(17(26)7-9-20)12-8-16(14)24(2)19-15-6-3-10-21-18(15)22-13-23-19/h3,10,13-14,16H,4-8,11-12H2,1-2H3,(H,21,22,23)/t14-,16?/m0/s1. The van der Waals surface area contributed by atoms with Crippen LogP contribution in [0.5, 0.6) is 0 Å². The number of fused-ring (bicyclic) bond motifs is 1. The zero-order chi connectivity index (χ0) is 18.5. The highest BCUT2D eigenvalue weighted by Gasteiger charge is 2.29. The van der Waals surface area contributed by atoms with Gasteiger partial charge in [-0.05, 0) is 37.8 Å². The van der Waals surface area contributed by atoms with E-state index in [9.17, 15) is 4.79 Å². The minimum Gasteiger partial charge on any atom is -0.356 e. The van der Waals surface area contributed by atoms with E-state index in [0.29, 0.717) is 12.5 Å². The molecule has 0 bridgehead atoms. The second-order valence-corrected chi connectivity index (χ2v) is 7.08. The summed E-state index contributed by atoms with van der Waals surface area (Å²) < 4.78 is 0. The number of nitrogens with one attached hydrogen (secondary N) is 1. The van der Waals surface area contributed by atoms with Crippen LogP contribution in [0, 0.1) is 17.2 Å². The van der Waals surface area contributed by atoms with Gasteiger partial charge in [-0.25, -0.2) is 9.97 Å². The Labute approximate surface area is 154 Å². The minimum absolute atomic E-state index is 0.0342. The van der Waals surface area contributed by atoms with Gasteiger partial charge in [-0.1, -0.05) is 13.0 Å². The summed E-state index contributed by atoms with van der Waals surface area (Å²) in [4.78, 5) is 25.1. The number of nitriles is 1. The van der Waals surface area contributed by atoms with Crippen LogP contribution in [0.2, 0.25) is 0 Å². The molecule has 7 nitrogen and oxygen atoms in total. The summed E-state index contributed by atoms with van der Waals surface area (Å²) in [6, 6.07) is 2.26. The molecule has 1 N–H and O–H groups in total. The van der Waals surface area contributed by atoms with E-state index in [0.717, 1.165) is 49.4 Å². The van der Waals surface area contributed by atoms with Crippen LogP contribution in [0.25, 0.3) is 0 Å². The molecular formula is C19H26N6O. The van der Waals surface area contributed by atoms with E-state index in [4.69, 9.17) is 5.26 Å². The van der Waals surface area contributed by atoms with Gasteiger partial charge in [0.15, 0.2) is 0 Å². The number of hydrogen-bond acceptors (Lipinski definition) is 6. The van der Waals surface area contributed by atoms with E-state index in [1.807, 2.05) is 17.2 Å². The zero-order valence-corrected chi connectivity index (χ0v) is 15.5. The third-order valence-corrected chi connectivity index (χ3v) is 5.44. The van der Waals surface area contributed by atoms with Crippen molar-refractivity contribution in [2.75, 3.05) is 30.4 Å². The van der Waals surface area contributed by atoms with Crippen molar-refractivity contribution in [1.82, 2.24) is 14.9 Å². The first-order valence-corrected chi connectivity index (χ1v) is 9.24. The van der Waals surface area contributed by atoms with Crippen molar-refractivity contribution >= 4 is 17.5 Å². The number of hydrogen-bond donors (Lipinski definition) is 1. The number of nitrogens with zero attached hydrogens (tertiary/aromatic N) is 5. The second-order valence-electron chi connectivity index (χ2n) is 7.08. The molecule has 1 aromatic heterocycles. The van der Waals surface area contributed by atoms with Crippen molar-refractivity contribution in [1.29, 1.82) is 5.26 Å². The monoisotopic (exact) mass is 354 g/mol. The zero-order valence-electron chi connectivity index (χ0n) is 15.5. The predicted molar refractivity (Wildman–Crippen MR) is 101 cm³/mol. The Bertz CT molecular complexity index is 725. The molecule has 3 heterocycles. The topological polar surface area (TPSA) is 85.2 Å². The molecule has 26 heavy (non-hydrogen) atoms. The summed E-state index contributed by atoms with van der Waals surface area (Å²) >= 11 is 0. The van der Waals surface area contributed by atoms with Crippen molar-refractivity contribution in [3.8, 4) is 6.07 Å². The van der Waals surface area contributed by atoms with E-state index >= 15 is 0 Å². The van der Waals surface area contributed by atoms with Gasteiger partial charge in [0.05, 0.1) is 6.07 Å². The number of amides is 1. The van der Waals surface area contributed by atoms with E-state index in [-0.39, 0.29) is 18.4 Å². The Morgan fingerprint density at radius 3 is 3.08 bits per heavy atom. The molecule has 1 unspecified atom stereocenters. The van der Waals surface area contributed by atoms with Crippen LogP contribution in [0.1, 0.15) is 38.2 Å². The Kier molecular flexibility index (Phi) is 5.71. The Morgan fingerprint density at radius 1 is 1.42 bits per heavy atom. The summed E-state index contributed by atoms with van der Waals surface area (Å²) in [5, 5.41) is 12.0. The predicted octanol–water partition coefficient (Wildman–Crippen LogP) is 2.33.